The molecular formula is C12H12ClN3O3. The molecule has 0 aliphatic rings. The van der Waals surface area contributed by atoms with E-state index in [-0.39, 0.29) is 11.6 Å². The summed E-state index contributed by atoms with van der Waals surface area (Å²) in [5.41, 5.74) is 1.06. The van der Waals surface area contributed by atoms with E-state index in [0.717, 1.165) is 12.0 Å². The lowest BCUT2D eigenvalue weighted by molar-refractivity contribution is -0.384. The molecule has 0 atom stereocenters. The third-order valence-electron chi connectivity index (χ3n) is 2.65. The Morgan fingerprint density at radius 3 is 2.89 bits per heavy atom. The van der Waals surface area contributed by atoms with Crippen LogP contribution in [0.15, 0.2) is 22.6 Å². The SMILES string of the molecule is Cc1cccc([N+](=O)[O-])c1-c1nnc(CCCCl)o1. The van der Waals surface area contributed by atoms with Crippen molar-refractivity contribution >= 4 is 17.3 Å². The molecule has 1 heterocycles. The van der Waals surface area contributed by atoms with Crippen molar-refractivity contribution in [1.29, 1.82) is 0 Å². The standard InChI is InChI=1S/C12H12ClN3O3/c1-8-4-2-5-9(16(17)18)11(8)12-15-14-10(19-12)6-3-7-13/h2,4-5H,3,6-7H2,1H3. The van der Waals surface area contributed by atoms with Gasteiger partial charge in [0.1, 0.15) is 5.56 Å². The van der Waals surface area contributed by atoms with E-state index in [9.17, 15) is 10.1 Å². The van der Waals surface area contributed by atoms with Gasteiger partial charge in [-0.05, 0) is 18.9 Å². The van der Waals surface area contributed by atoms with Gasteiger partial charge in [0.25, 0.3) is 11.6 Å². The molecule has 19 heavy (non-hydrogen) atoms. The van der Waals surface area contributed by atoms with Gasteiger partial charge in [-0.1, -0.05) is 12.1 Å². The molecule has 0 amide bonds. The minimum atomic E-state index is -0.453. The molecule has 0 radical (unpaired) electrons. The molecule has 0 N–H and O–H groups in total. The minimum absolute atomic E-state index is 0.0347. The van der Waals surface area contributed by atoms with Crippen LogP contribution >= 0.6 is 11.6 Å². The second-order valence-electron chi connectivity index (χ2n) is 4.02. The first-order valence-electron chi connectivity index (χ1n) is 5.76. The van der Waals surface area contributed by atoms with Gasteiger partial charge in [0.2, 0.25) is 5.89 Å². The van der Waals surface area contributed by atoms with Crippen LogP contribution in [0.5, 0.6) is 0 Å². The maximum Gasteiger partial charge on any atom is 0.282 e. The van der Waals surface area contributed by atoms with Gasteiger partial charge in [0.05, 0.1) is 4.92 Å². The average Bonchev–Trinajstić information content (AvgIpc) is 2.84. The first-order valence-corrected chi connectivity index (χ1v) is 6.29. The zero-order valence-corrected chi connectivity index (χ0v) is 11.1. The topological polar surface area (TPSA) is 82.1 Å². The number of nitrogens with zero attached hydrogens (tertiary/aromatic N) is 3. The maximum absolute atomic E-state index is 11.0. The summed E-state index contributed by atoms with van der Waals surface area (Å²) >= 11 is 5.59. The van der Waals surface area contributed by atoms with Crippen molar-refractivity contribution in [1.82, 2.24) is 10.2 Å². The molecule has 0 bridgehead atoms. The van der Waals surface area contributed by atoms with Gasteiger partial charge in [-0.2, -0.15) is 0 Å². The number of alkyl halides is 1. The van der Waals surface area contributed by atoms with Crippen LogP contribution in [0.2, 0.25) is 0 Å². The van der Waals surface area contributed by atoms with E-state index in [0.29, 0.717) is 23.8 Å². The predicted octanol–water partition coefficient (Wildman–Crippen LogP) is 3.12. The van der Waals surface area contributed by atoms with E-state index in [4.69, 9.17) is 16.0 Å². The molecule has 100 valence electrons. The Labute approximate surface area is 114 Å². The van der Waals surface area contributed by atoms with E-state index in [1.807, 2.05) is 0 Å². The molecule has 1 aromatic carbocycles. The number of nitro groups is 1. The summed E-state index contributed by atoms with van der Waals surface area (Å²) in [6.07, 6.45) is 1.29. The molecule has 1 aromatic heterocycles. The van der Waals surface area contributed by atoms with Crippen molar-refractivity contribution < 1.29 is 9.34 Å². The quantitative estimate of drug-likeness (QED) is 0.478. The lowest BCUT2D eigenvalue weighted by atomic mass is 10.1. The number of hydrogen-bond donors (Lipinski definition) is 0. The number of nitro benzene ring substituents is 1. The van der Waals surface area contributed by atoms with Gasteiger partial charge in [0, 0.05) is 18.4 Å². The first-order chi connectivity index (χ1) is 9.13. The van der Waals surface area contributed by atoms with E-state index in [1.54, 1.807) is 19.1 Å². The van der Waals surface area contributed by atoms with Gasteiger partial charge in [-0.3, -0.25) is 10.1 Å². The van der Waals surface area contributed by atoms with Crippen molar-refractivity contribution in [2.24, 2.45) is 0 Å². The van der Waals surface area contributed by atoms with Crippen LogP contribution < -0.4 is 0 Å². The molecule has 0 fully saturated rings. The van der Waals surface area contributed by atoms with Crippen LogP contribution in [0.3, 0.4) is 0 Å². The molecule has 0 unspecified atom stereocenters. The van der Waals surface area contributed by atoms with Crippen molar-refractivity contribution in [2.45, 2.75) is 19.8 Å². The summed E-state index contributed by atoms with van der Waals surface area (Å²) in [4.78, 5) is 10.6. The number of benzene rings is 1. The van der Waals surface area contributed by atoms with Gasteiger partial charge in [0.15, 0.2) is 0 Å². The number of hydrogen-bond acceptors (Lipinski definition) is 5. The molecule has 2 aromatic rings. The van der Waals surface area contributed by atoms with Crippen LogP contribution in [-0.4, -0.2) is 21.0 Å². The number of aryl methyl sites for hydroxylation is 2. The fourth-order valence-corrected chi connectivity index (χ4v) is 1.89. The Kier molecular flexibility index (Phi) is 4.11. The normalized spacial score (nSPS) is 10.6. The highest BCUT2D eigenvalue weighted by atomic mass is 35.5. The Morgan fingerprint density at radius 1 is 1.42 bits per heavy atom. The lowest BCUT2D eigenvalue weighted by Gasteiger charge is -2.01. The zero-order chi connectivity index (χ0) is 13.8. The monoisotopic (exact) mass is 281 g/mol. The summed E-state index contributed by atoms with van der Waals surface area (Å²) in [5, 5.41) is 18.8. The van der Waals surface area contributed by atoms with E-state index in [1.165, 1.54) is 6.07 Å². The Bertz CT molecular complexity index is 598. The summed E-state index contributed by atoms with van der Waals surface area (Å²) in [6.45, 7) is 1.77. The largest absolute Gasteiger partial charge is 0.420 e. The third kappa shape index (κ3) is 2.90. The van der Waals surface area contributed by atoms with Crippen molar-refractivity contribution in [3.8, 4) is 11.5 Å². The number of aromatic nitrogens is 2. The first kappa shape index (κ1) is 13.5. The van der Waals surface area contributed by atoms with Crippen LogP contribution in [0.25, 0.3) is 11.5 Å². The molecule has 0 spiro atoms. The molecule has 0 saturated heterocycles. The van der Waals surface area contributed by atoms with Gasteiger partial charge < -0.3 is 4.42 Å². The highest BCUT2D eigenvalue weighted by Crippen LogP contribution is 2.31. The molecule has 0 saturated carbocycles. The Hall–Kier alpha value is -1.95. The van der Waals surface area contributed by atoms with Crippen molar-refractivity contribution in [3.63, 3.8) is 0 Å². The van der Waals surface area contributed by atoms with Gasteiger partial charge in [-0.15, -0.1) is 21.8 Å². The molecular weight excluding hydrogens is 270 g/mol. The molecule has 0 aliphatic carbocycles. The highest BCUT2D eigenvalue weighted by Gasteiger charge is 2.22. The summed E-state index contributed by atoms with van der Waals surface area (Å²) < 4.78 is 5.46. The highest BCUT2D eigenvalue weighted by molar-refractivity contribution is 6.17. The van der Waals surface area contributed by atoms with Crippen LogP contribution in [0.4, 0.5) is 5.69 Å². The van der Waals surface area contributed by atoms with Gasteiger partial charge >= 0.3 is 0 Å². The molecule has 0 aliphatic heterocycles. The molecule has 6 nitrogen and oxygen atoms in total. The number of halogens is 1. The van der Waals surface area contributed by atoms with Gasteiger partial charge in [-0.25, -0.2) is 0 Å². The van der Waals surface area contributed by atoms with Crippen molar-refractivity contribution in [3.05, 3.63) is 39.8 Å². The third-order valence-corrected chi connectivity index (χ3v) is 2.92. The summed E-state index contributed by atoms with van der Waals surface area (Å²) in [7, 11) is 0. The fourth-order valence-electron chi connectivity index (χ4n) is 1.76. The summed E-state index contributed by atoms with van der Waals surface area (Å²) in [6, 6.07) is 4.82. The predicted molar refractivity (Wildman–Crippen MR) is 70.2 cm³/mol. The second kappa shape index (κ2) is 5.79. The van der Waals surface area contributed by atoms with Crippen LogP contribution in [-0.2, 0) is 6.42 Å². The van der Waals surface area contributed by atoms with Crippen LogP contribution in [0.1, 0.15) is 17.9 Å². The smallest absolute Gasteiger partial charge is 0.282 e. The van der Waals surface area contributed by atoms with E-state index >= 15 is 0 Å². The number of rotatable bonds is 5. The van der Waals surface area contributed by atoms with Crippen LogP contribution in [0, 0.1) is 17.0 Å². The summed E-state index contributed by atoms with van der Waals surface area (Å²) in [5.74, 6) is 1.12. The van der Waals surface area contributed by atoms with E-state index < -0.39 is 4.92 Å². The zero-order valence-electron chi connectivity index (χ0n) is 10.3. The lowest BCUT2D eigenvalue weighted by Crippen LogP contribution is -1.94. The fraction of sp³-hybridized carbons (Fsp3) is 0.333. The van der Waals surface area contributed by atoms with Crippen molar-refractivity contribution in [2.75, 3.05) is 5.88 Å². The maximum atomic E-state index is 11.0. The Balaban J connectivity index is 2.41. The minimum Gasteiger partial charge on any atom is -0.420 e. The Morgan fingerprint density at radius 2 is 2.21 bits per heavy atom. The second-order valence-corrected chi connectivity index (χ2v) is 4.40. The molecule has 2 rings (SSSR count). The average molecular weight is 282 g/mol. The molecule has 7 heteroatoms. The van der Waals surface area contributed by atoms with E-state index in [2.05, 4.69) is 10.2 Å².